The van der Waals surface area contributed by atoms with Crippen molar-refractivity contribution in [3.05, 3.63) is 16.1 Å². The highest BCUT2D eigenvalue weighted by Gasteiger charge is 2.22. The number of thiazole rings is 1. The molecule has 2 N–H and O–H groups in total. The van der Waals surface area contributed by atoms with Crippen LogP contribution < -0.4 is 10.6 Å². The van der Waals surface area contributed by atoms with E-state index in [2.05, 4.69) is 41.8 Å². The predicted octanol–water partition coefficient (Wildman–Crippen LogP) is 1.72. The molecule has 4 nitrogen and oxygen atoms in total. The fourth-order valence-corrected chi connectivity index (χ4v) is 3.49. The standard InChI is InChI=1S/C12H19N3OS2/c1-12(2,3)9-6-18-10(15-9)4-13-11(16)8-5-17-7-14-8/h6,8,14H,4-5,7H2,1-3H3,(H,13,16). The van der Waals surface area contributed by atoms with Crippen LogP contribution in [0, 0.1) is 0 Å². The minimum Gasteiger partial charge on any atom is -0.348 e. The summed E-state index contributed by atoms with van der Waals surface area (Å²) in [5.41, 5.74) is 1.16. The van der Waals surface area contributed by atoms with E-state index in [-0.39, 0.29) is 17.4 Å². The lowest BCUT2D eigenvalue weighted by atomic mass is 9.93. The number of amides is 1. The van der Waals surface area contributed by atoms with E-state index in [1.165, 1.54) is 0 Å². The van der Waals surface area contributed by atoms with Gasteiger partial charge in [-0.15, -0.1) is 23.1 Å². The van der Waals surface area contributed by atoms with Gasteiger partial charge in [-0.05, 0) is 0 Å². The first kappa shape index (κ1) is 13.8. The van der Waals surface area contributed by atoms with Crippen LogP contribution in [-0.4, -0.2) is 28.6 Å². The molecule has 1 atom stereocenters. The van der Waals surface area contributed by atoms with E-state index >= 15 is 0 Å². The van der Waals surface area contributed by atoms with Gasteiger partial charge in [0, 0.05) is 22.4 Å². The highest BCUT2D eigenvalue weighted by Crippen LogP contribution is 2.23. The maximum Gasteiger partial charge on any atom is 0.238 e. The summed E-state index contributed by atoms with van der Waals surface area (Å²) in [6.45, 7) is 6.96. The van der Waals surface area contributed by atoms with Crippen LogP contribution in [0.4, 0.5) is 0 Å². The largest absolute Gasteiger partial charge is 0.348 e. The molecule has 1 unspecified atom stereocenters. The second-order valence-electron chi connectivity index (χ2n) is 5.37. The monoisotopic (exact) mass is 285 g/mol. The van der Waals surface area contributed by atoms with Crippen molar-refractivity contribution < 1.29 is 4.79 Å². The quantitative estimate of drug-likeness (QED) is 0.888. The van der Waals surface area contributed by atoms with Crippen molar-refractivity contribution in [1.29, 1.82) is 0 Å². The molecule has 1 amide bonds. The fourth-order valence-electron chi connectivity index (χ4n) is 1.59. The van der Waals surface area contributed by atoms with Gasteiger partial charge >= 0.3 is 0 Å². The van der Waals surface area contributed by atoms with Crippen LogP contribution in [0.5, 0.6) is 0 Å². The molecule has 1 aliphatic heterocycles. The molecule has 6 heteroatoms. The topological polar surface area (TPSA) is 54.0 Å². The number of rotatable bonds is 3. The average Bonchev–Trinajstić information content (AvgIpc) is 2.96. The molecule has 1 fully saturated rings. The summed E-state index contributed by atoms with van der Waals surface area (Å²) in [6, 6.07) is -0.0444. The maximum atomic E-state index is 11.8. The van der Waals surface area contributed by atoms with Crippen LogP contribution in [-0.2, 0) is 16.8 Å². The molecule has 0 aromatic carbocycles. The summed E-state index contributed by atoms with van der Waals surface area (Å²) in [7, 11) is 0. The van der Waals surface area contributed by atoms with E-state index < -0.39 is 0 Å². The van der Waals surface area contributed by atoms with Crippen molar-refractivity contribution >= 4 is 29.0 Å². The first-order valence-corrected chi connectivity index (χ1v) is 8.04. The Morgan fingerprint density at radius 1 is 1.61 bits per heavy atom. The van der Waals surface area contributed by atoms with Crippen molar-refractivity contribution in [1.82, 2.24) is 15.6 Å². The third-order valence-corrected chi connectivity index (χ3v) is 4.56. The lowest BCUT2D eigenvalue weighted by Gasteiger charge is -2.14. The molecule has 2 heterocycles. The molecular weight excluding hydrogens is 266 g/mol. The van der Waals surface area contributed by atoms with Crippen LogP contribution in [0.25, 0.3) is 0 Å². The molecule has 2 rings (SSSR count). The van der Waals surface area contributed by atoms with Crippen LogP contribution in [0.15, 0.2) is 5.38 Å². The maximum absolute atomic E-state index is 11.8. The summed E-state index contributed by atoms with van der Waals surface area (Å²) in [5, 5.41) is 9.14. The van der Waals surface area contributed by atoms with E-state index in [0.29, 0.717) is 6.54 Å². The summed E-state index contributed by atoms with van der Waals surface area (Å²) in [5.74, 6) is 1.80. The van der Waals surface area contributed by atoms with Crippen molar-refractivity contribution in [3.63, 3.8) is 0 Å². The highest BCUT2D eigenvalue weighted by molar-refractivity contribution is 7.99. The highest BCUT2D eigenvalue weighted by atomic mass is 32.2. The first-order valence-electron chi connectivity index (χ1n) is 6.00. The molecule has 0 bridgehead atoms. The van der Waals surface area contributed by atoms with Crippen LogP contribution in [0.3, 0.4) is 0 Å². The summed E-state index contributed by atoms with van der Waals surface area (Å²) in [4.78, 5) is 16.4. The average molecular weight is 285 g/mol. The Balaban J connectivity index is 1.86. The van der Waals surface area contributed by atoms with Gasteiger partial charge in [-0.2, -0.15) is 0 Å². The number of thioether (sulfide) groups is 1. The Kier molecular flexibility index (Phi) is 4.29. The van der Waals surface area contributed by atoms with Crippen molar-refractivity contribution in [2.45, 2.75) is 38.8 Å². The molecule has 1 aromatic rings. The molecule has 1 aliphatic rings. The van der Waals surface area contributed by atoms with Gasteiger partial charge in [-0.3, -0.25) is 10.1 Å². The smallest absolute Gasteiger partial charge is 0.238 e. The Hall–Kier alpha value is -0.590. The second kappa shape index (κ2) is 5.59. The van der Waals surface area contributed by atoms with Gasteiger partial charge in [0.2, 0.25) is 5.91 Å². The van der Waals surface area contributed by atoms with Crippen LogP contribution in [0.2, 0.25) is 0 Å². The van der Waals surface area contributed by atoms with Gasteiger partial charge < -0.3 is 5.32 Å². The third kappa shape index (κ3) is 3.46. The van der Waals surface area contributed by atoms with Gasteiger partial charge in [0.15, 0.2) is 0 Å². The number of aromatic nitrogens is 1. The SMILES string of the molecule is CC(C)(C)c1csc(CNC(=O)C2CSCN2)n1. The lowest BCUT2D eigenvalue weighted by Crippen LogP contribution is -2.41. The molecule has 0 spiro atoms. The van der Waals surface area contributed by atoms with E-state index in [4.69, 9.17) is 0 Å². The molecule has 1 aromatic heterocycles. The van der Waals surface area contributed by atoms with E-state index in [0.717, 1.165) is 22.3 Å². The van der Waals surface area contributed by atoms with Gasteiger partial charge in [0.25, 0.3) is 0 Å². The van der Waals surface area contributed by atoms with Crippen molar-refractivity contribution in [2.24, 2.45) is 0 Å². The number of nitrogens with one attached hydrogen (secondary N) is 2. The normalized spacial score (nSPS) is 20.1. The van der Waals surface area contributed by atoms with Gasteiger partial charge in [-0.1, -0.05) is 20.8 Å². The zero-order chi connectivity index (χ0) is 13.2. The molecule has 0 radical (unpaired) electrons. The second-order valence-corrected chi connectivity index (χ2v) is 7.34. The molecule has 18 heavy (non-hydrogen) atoms. The Morgan fingerprint density at radius 2 is 2.39 bits per heavy atom. The Labute approximate surface area is 116 Å². The fraction of sp³-hybridized carbons (Fsp3) is 0.667. The van der Waals surface area contributed by atoms with Gasteiger partial charge in [0.05, 0.1) is 18.3 Å². The summed E-state index contributed by atoms with van der Waals surface area (Å²) < 4.78 is 0. The molecule has 100 valence electrons. The minimum absolute atomic E-state index is 0.0444. The Morgan fingerprint density at radius 3 is 2.94 bits per heavy atom. The first-order chi connectivity index (χ1) is 8.47. The summed E-state index contributed by atoms with van der Waals surface area (Å²) in [6.07, 6.45) is 0. The van der Waals surface area contributed by atoms with Crippen molar-refractivity contribution in [3.8, 4) is 0 Å². The predicted molar refractivity (Wildman–Crippen MR) is 76.9 cm³/mol. The minimum atomic E-state index is -0.0444. The van der Waals surface area contributed by atoms with Crippen LogP contribution in [0.1, 0.15) is 31.5 Å². The van der Waals surface area contributed by atoms with E-state index in [1.807, 2.05) is 0 Å². The van der Waals surface area contributed by atoms with Gasteiger partial charge in [0.1, 0.15) is 5.01 Å². The zero-order valence-corrected chi connectivity index (χ0v) is 12.6. The number of carbonyl (C=O) groups is 1. The number of carbonyl (C=O) groups excluding carboxylic acids is 1. The van der Waals surface area contributed by atoms with Crippen molar-refractivity contribution in [2.75, 3.05) is 11.6 Å². The number of hydrogen-bond acceptors (Lipinski definition) is 5. The van der Waals surface area contributed by atoms with Gasteiger partial charge in [-0.25, -0.2) is 4.98 Å². The molecule has 0 saturated carbocycles. The lowest BCUT2D eigenvalue weighted by molar-refractivity contribution is -0.122. The van der Waals surface area contributed by atoms with E-state index in [9.17, 15) is 4.79 Å². The number of nitrogens with zero attached hydrogens (tertiary/aromatic N) is 1. The van der Waals surface area contributed by atoms with E-state index in [1.54, 1.807) is 23.1 Å². The molecular formula is C12H19N3OS2. The zero-order valence-electron chi connectivity index (χ0n) is 10.9. The molecule has 1 saturated heterocycles. The number of hydrogen-bond donors (Lipinski definition) is 2. The third-order valence-electron chi connectivity index (χ3n) is 2.77. The Bertz CT molecular complexity index is 419. The molecule has 0 aliphatic carbocycles. The van der Waals surface area contributed by atoms with Crippen LogP contribution >= 0.6 is 23.1 Å². The summed E-state index contributed by atoms with van der Waals surface area (Å²) >= 11 is 3.36.